The maximum atomic E-state index is 12.6. The number of thioether (sulfide) groups is 1. The molecule has 1 amide bonds. The molecule has 4 rings (SSSR count). The van der Waals surface area contributed by atoms with Crippen molar-refractivity contribution in [3.8, 4) is 11.3 Å². The third-order valence-corrected chi connectivity index (χ3v) is 7.57. The Morgan fingerprint density at radius 3 is 2.50 bits per heavy atom. The van der Waals surface area contributed by atoms with Crippen molar-refractivity contribution in [1.82, 2.24) is 20.2 Å². The molecule has 0 bridgehead atoms. The summed E-state index contributed by atoms with van der Waals surface area (Å²) in [5.41, 5.74) is 3.80. The predicted octanol–water partition coefficient (Wildman–Crippen LogP) is 5.50. The molecule has 36 heavy (non-hydrogen) atoms. The van der Waals surface area contributed by atoms with Crippen LogP contribution in [-0.4, -0.2) is 61.0 Å². The van der Waals surface area contributed by atoms with Gasteiger partial charge in [0.15, 0.2) is 5.16 Å². The number of amides is 1. The van der Waals surface area contributed by atoms with Gasteiger partial charge in [-0.15, -0.1) is 0 Å². The van der Waals surface area contributed by atoms with Crippen LogP contribution in [0.3, 0.4) is 0 Å². The summed E-state index contributed by atoms with van der Waals surface area (Å²) in [7, 11) is 6.16. The molecule has 7 heteroatoms. The van der Waals surface area contributed by atoms with Crippen LogP contribution in [0.15, 0.2) is 65.8 Å². The lowest BCUT2D eigenvalue weighted by atomic mass is 9.94. The zero-order valence-corrected chi connectivity index (χ0v) is 22.4. The minimum atomic E-state index is -0.0394. The first-order chi connectivity index (χ1) is 17.5. The Morgan fingerprint density at radius 1 is 0.972 bits per heavy atom. The van der Waals surface area contributed by atoms with Crippen LogP contribution in [0.25, 0.3) is 11.3 Å². The van der Waals surface area contributed by atoms with Gasteiger partial charge >= 0.3 is 0 Å². The van der Waals surface area contributed by atoms with E-state index in [4.69, 9.17) is 9.97 Å². The van der Waals surface area contributed by atoms with Crippen molar-refractivity contribution in [2.24, 2.45) is 0 Å². The number of nitrogens with one attached hydrogen (secondary N) is 1. The Balaban J connectivity index is 1.51. The predicted molar refractivity (Wildman–Crippen MR) is 150 cm³/mol. The fourth-order valence-electron chi connectivity index (χ4n) is 4.52. The van der Waals surface area contributed by atoms with Gasteiger partial charge in [0.05, 0.1) is 5.69 Å². The molecule has 0 aliphatic heterocycles. The van der Waals surface area contributed by atoms with Gasteiger partial charge in [-0.1, -0.05) is 73.5 Å². The number of benzene rings is 2. The largest absolute Gasteiger partial charge is 0.357 e. The van der Waals surface area contributed by atoms with Crippen molar-refractivity contribution in [2.45, 2.75) is 49.1 Å². The zero-order chi connectivity index (χ0) is 25.3. The van der Waals surface area contributed by atoms with Crippen molar-refractivity contribution in [3.05, 3.63) is 71.8 Å². The fourth-order valence-corrected chi connectivity index (χ4v) is 5.31. The Labute approximate surface area is 219 Å². The summed E-state index contributed by atoms with van der Waals surface area (Å²) in [6.45, 7) is 1.44. The van der Waals surface area contributed by atoms with Crippen LogP contribution in [0.2, 0.25) is 0 Å². The van der Waals surface area contributed by atoms with Crippen LogP contribution in [0.1, 0.15) is 48.0 Å². The van der Waals surface area contributed by atoms with Gasteiger partial charge in [-0.05, 0) is 44.6 Å². The van der Waals surface area contributed by atoms with Crippen LogP contribution in [0.4, 0.5) is 5.82 Å². The molecule has 190 valence electrons. The van der Waals surface area contributed by atoms with Crippen LogP contribution < -0.4 is 10.2 Å². The van der Waals surface area contributed by atoms with E-state index in [0.29, 0.717) is 23.9 Å². The lowest BCUT2D eigenvalue weighted by Crippen LogP contribution is -2.34. The van der Waals surface area contributed by atoms with Crippen molar-refractivity contribution in [3.63, 3.8) is 0 Å². The van der Waals surface area contributed by atoms with Crippen molar-refractivity contribution in [1.29, 1.82) is 0 Å². The van der Waals surface area contributed by atoms with E-state index in [0.717, 1.165) is 34.3 Å². The molecular weight excluding hydrogens is 466 g/mol. The molecule has 1 aliphatic rings. The van der Waals surface area contributed by atoms with Gasteiger partial charge in [-0.3, -0.25) is 4.79 Å². The topological polar surface area (TPSA) is 61.4 Å². The molecule has 1 aromatic heterocycles. The maximum Gasteiger partial charge on any atom is 0.251 e. The minimum absolute atomic E-state index is 0.0394. The fraction of sp³-hybridized carbons (Fsp3) is 0.414. The van der Waals surface area contributed by atoms with E-state index in [1.165, 1.54) is 32.1 Å². The second-order valence-electron chi connectivity index (χ2n) is 9.71. The normalized spacial score (nSPS) is 14.1. The molecule has 6 nitrogen and oxygen atoms in total. The Hall–Kier alpha value is -2.90. The summed E-state index contributed by atoms with van der Waals surface area (Å²) >= 11 is 1.62. The Kier molecular flexibility index (Phi) is 9.36. The molecule has 3 aromatic rings. The number of carbonyl (C=O) groups is 1. The third-order valence-electron chi connectivity index (χ3n) is 6.65. The molecular formula is C29H37N5OS. The van der Waals surface area contributed by atoms with E-state index < -0.39 is 0 Å². The van der Waals surface area contributed by atoms with E-state index in [1.807, 2.05) is 50.5 Å². The highest BCUT2D eigenvalue weighted by atomic mass is 32.2. The molecule has 1 heterocycles. The quantitative estimate of drug-likeness (QED) is 0.291. The molecule has 1 N–H and O–H groups in total. The molecule has 0 atom stereocenters. The highest BCUT2D eigenvalue weighted by molar-refractivity contribution is 7.98. The molecule has 1 aliphatic carbocycles. The first-order valence-electron chi connectivity index (χ1n) is 12.8. The summed E-state index contributed by atoms with van der Waals surface area (Å²) in [6.07, 6.45) is 6.33. The molecule has 1 fully saturated rings. The number of aromatic nitrogens is 2. The van der Waals surface area contributed by atoms with Gasteiger partial charge in [0.2, 0.25) is 0 Å². The molecule has 0 unspecified atom stereocenters. The smallest absolute Gasteiger partial charge is 0.251 e. The number of anilines is 1. The van der Waals surface area contributed by atoms with Gasteiger partial charge in [0.25, 0.3) is 5.91 Å². The number of carbonyl (C=O) groups excluding carboxylic acids is 1. The van der Waals surface area contributed by atoms with E-state index in [9.17, 15) is 4.79 Å². The van der Waals surface area contributed by atoms with Gasteiger partial charge in [-0.2, -0.15) is 0 Å². The first kappa shape index (κ1) is 26.2. The van der Waals surface area contributed by atoms with Gasteiger partial charge in [0, 0.05) is 49.1 Å². The second kappa shape index (κ2) is 12.9. The van der Waals surface area contributed by atoms with Crippen molar-refractivity contribution in [2.75, 3.05) is 39.1 Å². The van der Waals surface area contributed by atoms with Crippen molar-refractivity contribution >= 4 is 23.5 Å². The number of hydrogen-bond acceptors (Lipinski definition) is 6. The highest BCUT2D eigenvalue weighted by Gasteiger charge is 2.21. The monoisotopic (exact) mass is 503 g/mol. The Bertz CT molecular complexity index is 1130. The van der Waals surface area contributed by atoms with Crippen LogP contribution in [0, 0.1) is 0 Å². The lowest BCUT2D eigenvalue weighted by molar-refractivity contribution is 0.0951. The highest BCUT2D eigenvalue weighted by Crippen LogP contribution is 2.30. The standard InChI is InChI=1S/C29H37N5OS/c1-33(2)18-17-30-28(35)24-14-10-11-22(19-24)21-36-29-31-26(23-12-6-4-7-13-23)20-27(32-29)34(3)25-15-8-5-9-16-25/h4,6-7,10-14,19-20,25H,5,8-9,15-18,21H2,1-3H3,(H,30,35). The zero-order valence-electron chi connectivity index (χ0n) is 21.6. The van der Waals surface area contributed by atoms with E-state index in [-0.39, 0.29) is 5.91 Å². The van der Waals surface area contributed by atoms with Crippen LogP contribution >= 0.6 is 11.8 Å². The van der Waals surface area contributed by atoms with Gasteiger partial charge < -0.3 is 15.1 Å². The van der Waals surface area contributed by atoms with E-state index in [1.54, 1.807) is 11.8 Å². The second-order valence-corrected chi connectivity index (χ2v) is 10.7. The SMILES string of the molecule is CN(C)CCNC(=O)c1cccc(CSc2nc(-c3ccccc3)cc(N(C)C3CCCCC3)n2)c1. The van der Waals surface area contributed by atoms with Crippen LogP contribution in [0.5, 0.6) is 0 Å². The lowest BCUT2D eigenvalue weighted by Gasteiger charge is -2.32. The molecule has 0 radical (unpaired) electrons. The Morgan fingerprint density at radius 2 is 1.75 bits per heavy atom. The van der Waals surface area contributed by atoms with Gasteiger partial charge in [-0.25, -0.2) is 9.97 Å². The number of likely N-dealkylation sites (N-methyl/N-ethyl adjacent to an activating group) is 1. The summed E-state index contributed by atoms with van der Waals surface area (Å²) in [4.78, 5) is 26.8. The summed E-state index contributed by atoms with van der Waals surface area (Å²) < 4.78 is 0. The average molecular weight is 504 g/mol. The van der Waals surface area contributed by atoms with E-state index >= 15 is 0 Å². The molecule has 2 aromatic carbocycles. The summed E-state index contributed by atoms with van der Waals surface area (Å²) in [6, 6.07) is 20.8. The minimum Gasteiger partial charge on any atom is -0.357 e. The number of nitrogens with zero attached hydrogens (tertiary/aromatic N) is 4. The van der Waals surface area contributed by atoms with Crippen molar-refractivity contribution < 1.29 is 4.79 Å². The number of rotatable bonds is 10. The molecule has 0 spiro atoms. The molecule has 0 saturated heterocycles. The maximum absolute atomic E-state index is 12.6. The third kappa shape index (κ3) is 7.31. The summed E-state index contributed by atoms with van der Waals surface area (Å²) in [5, 5.41) is 3.75. The van der Waals surface area contributed by atoms with E-state index in [2.05, 4.69) is 46.4 Å². The van der Waals surface area contributed by atoms with Gasteiger partial charge in [0.1, 0.15) is 5.82 Å². The number of hydrogen-bond donors (Lipinski definition) is 1. The molecule has 1 saturated carbocycles. The summed E-state index contributed by atoms with van der Waals surface area (Å²) in [5.74, 6) is 1.64. The average Bonchev–Trinajstić information content (AvgIpc) is 2.92. The first-order valence-corrected chi connectivity index (χ1v) is 13.8. The van der Waals surface area contributed by atoms with Crippen LogP contribution in [-0.2, 0) is 5.75 Å².